The van der Waals surface area contributed by atoms with Crippen LogP contribution in [0.3, 0.4) is 0 Å². The van der Waals surface area contributed by atoms with Gasteiger partial charge in [0.15, 0.2) is 0 Å². The fourth-order valence-corrected chi connectivity index (χ4v) is 1.90. The Bertz CT molecular complexity index is 716. The number of anilines is 3. The van der Waals surface area contributed by atoms with E-state index in [1.807, 2.05) is 20.8 Å². The van der Waals surface area contributed by atoms with Gasteiger partial charge in [0.25, 0.3) is 0 Å². The number of hydrogen-bond donors (Lipinski definition) is 2. The van der Waals surface area contributed by atoms with Crippen molar-refractivity contribution in [3.63, 3.8) is 0 Å². The number of alkyl halides is 3. The van der Waals surface area contributed by atoms with Gasteiger partial charge in [-0.25, -0.2) is 0 Å². The Labute approximate surface area is 138 Å². The monoisotopic (exact) mass is 336 g/mol. The molecule has 0 fully saturated rings. The first-order valence-electron chi connectivity index (χ1n) is 7.41. The smallest absolute Gasteiger partial charge is 0.356 e. The van der Waals surface area contributed by atoms with Crippen LogP contribution in [0.25, 0.3) is 0 Å². The van der Waals surface area contributed by atoms with Crippen LogP contribution >= 0.6 is 0 Å². The molecular weight excluding hydrogens is 317 g/mol. The van der Waals surface area contributed by atoms with E-state index >= 15 is 0 Å². The first-order valence-corrected chi connectivity index (χ1v) is 7.41. The van der Waals surface area contributed by atoms with Gasteiger partial charge in [-0.15, -0.1) is 0 Å². The lowest BCUT2D eigenvalue weighted by molar-refractivity contribution is -0.137. The van der Waals surface area contributed by atoms with Crippen molar-refractivity contribution in [3.8, 4) is 0 Å². The van der Waals surface area contributed by atoms with Crippen molar-refractivity contribution in [1.29, 1.82) is 0 Å². The molecule has 24 heavy (non-hydrogen) atoms. The molecule has 6 heteroatoms. The topological polar surface area (TPSA) is 41.1 Å². The number of nitrogens with one attached hydrogen (secondary N) is 2. The van der Waals surface area contributed by atoms with Crippen molar-refractivity contribution in [2.24, 2.45) is 5.41 Å². The van der Waals surface area contributed by atoms with Gasteiger partial charge in [-0.2, -0.15) is 13.2 Å². The number of rotatable bonds is 3. The SMILES string of the molecule is CC(C)(C)C(=O)Nc1ccc(Nc2cccc(C(F)(F)F)c2)cc1. The van der Waals surface area contributed by atoms with Crippen molar-refractivity contribution in [1.82, 2.24) is 0 Å². The summed E-state index contributed by atoms with van der Waals surface area (Å²) in [5, 5.41) is 5.70. The predicted molar refractivity (Wildman–Crippen MR) is 89.3 cm³/mol. The predicted octanol–water partition coefficient (Wildman–Crippen LogP) is 5.43. The van der Waals surface area contributed by atoms with Crippen molar-refractivity contribution >= 4 is 23.0 Å². The molecule has 2 N–H and O–H groups in total. The lowest BCUT2D eigenvalue weighted by Crippen LogP contribution is -2.27. The van der Waals surface area contributed by atoms with Gasteiger partial charge in [0, 0.05) is 22.5 Å². The first kappa shape index (κ1) is 17.8. The van der Waals surface area contributed by atoms with Gasteiger partial charge in [-0.05, 0) is 42.5 Å². The largest absolute Gasteiger partial charge is 0.416 e. The summed E-state index contributed by atoms with van der Waals surface area (Å²) in [7, 11) is 0. The molecular formula is C18H19F3N2O. The molecule has 0 bridgehead atoms. The minimum Gasteiger partial charge on any atom is -0.356 e. The molecule has 0 radical (unpaired) electrons. The zero-order valence-electron chi connectivity index (χ0n) is 13.7. The molecule has 0 heterocycles. The van der Waals surface area contributed by atoms with Crippen molar-refractivity contribution in [3.05, 3.63) is 54.1 Å². The Balaban J connectivity index is 2.08. The van der Waals surface area contributed by atoms with Crippen molar-refractivity contribution < 1.29 is 18.0 Å². The van der Waals surface area contributed by atoms with Crippen LogP contribution in [0.4, 0.5) is 30.2 Å². The van der Waals surface area contributed by atoms with Crippen LogP contribution in [0.5, 0.6) is 0 Å². The maximum Gasteiger partial charge on any atom is 0.416 e. The molecule has 0 saturated carbocycles. The molecule has 0 aromatic heterocycles. The van der Waals surface area contributed by atoms with Gasteiger partial charge >= 0.3 is 6.18 Å². The van der Waals surface area contributed by atoms with Gasteiger partial charge in [0.1, 0.15) is 0 Å². The lowest BCUT2D eigenvalue weighted by atomic mass is 9.95. The Kier molecular flexibility index (Phi) is 4.87. The van der Waals surface area contributed by atoms with Crippen molar-refractivity contribution in [2.75, 3.05) is 10.6 Å². The van der Waals surface area contributed by atoms with E-state index in [1.54, 1.807) is 30.3 Å². The Hall–Kier alpha value is -2.50. The van der Waals surface area contributed by atoms with E-state index in [0.29, 0.717) is 17.1 Å². The molecule has 2 aromatic carbocycles. The number of amides is 1. The van der Waals surface area contributed by atoms with Crippen LogP contribution in [0, 0.1) is 5.41 Å². The van der Waals surface area contributed by atoms with Gasteiger partial charge in [0.05, 0.1) is 5.56 Å². The average molecular weight is 336 g/mol. The molecule has 3 nitrogen and oxygen atoms in total. The van der Waals surface area contributed by atoms with Gasteiger partial charge in [0.2, 0.25) is 5.91 Å². The van der Waals surface area contributed by atoms with Crippen LogP contribution in [0.1, 0.15) is 26.3 Å². The molecule has 2 rings (SSSR count). The zero-order chi connectivity index (χ0) is 18.0. The van der Waals surface area contributed by atoms with E-state index in [-0.39, 0.29) is 5.91 Å². The van der Waals surface area contributed by atoms with Crippen LogP contribution in [-0.4, -0.2) is 5.91 Å². The third-order valence-electron chi connectivity index (χ3n) is 3.30. The second kappa shape index (κ2) is 6.55. The van der Waals surface area contributed by atoms with E-state index in [1.165, 1.54) is 6.07 Å². The molecule has 0 atom stereocenters. The zero-order valence-corrected chi connectivity index (χ0v) is 13.7. The molecule has 0 unspecified atom stereocenters. The fourth-order valence-electron chi connectivity index (χ4n) is 1.90. The summed E-state index contributed by atoms with van der Waals surface area (Å²) < 4.78 is 38.1. The third-order valence-corrected chi connectivity index (χ3v) is 3.30. The van der Waals surface area contributed by atoms with Gasteiger partial charge < -0.3 is 10.6 Å². The maximum atomic E-state index is 12.7. The average Bonchev–Trinajstić information content (AvgIpc) is 2.48. The van der Waals surface area contributed by atoms with E-state index < -0.39 is 17.2 Å². The minimum absolute atomic E-state index is 0.110. The molecule has 0 aliphatic heterocycles. The van der Waals surface area contributed by atoms with Crippen LogP contribution < -0.4 is 10.6 Å². The molecule has 0 saturated heterocycles. The third kappa shape index (κ3) is 4.75. The van der Waals surface area contributed by atoms with Crippen LogP contribution in [0.2, 0.25) is 0 Å². The Morgan fingerprint density at radius 2 is 1.46 bits per heavy atom. The molecule has 128 valence electrons. The highest BCUT2D eigenvalue weighted by atomic mass is 19.4. The summed E-state index contributed by atoms with van der Waals surface area (Å²) in [6.45, 7) is 5.43. The normalized spacial score (nSPS) is 11.9. The van der Waals surface area contributed by atoms with Crippen LogP contribution in [0.15, 0.2) is 48.5 Å². The molecule has 0 spiro atoms. The summed E-state index contributed by atoms with van der Waals surface area (Å²) >= 11 is 0. The van der Waals surface area contributed by atoms with Gasteiger partial charge in [-0.1, -0.05) is 26.8 Å². The number of hydrogen-bond acceptors (Lipinski definition) is 2. The fraction of sp³-hybridized carbons (Fsp3) is 0.278. The Morgan fingerprint density at radius 1 is 0.875 bits per heavy atom. The number of carbonyl (C=O) groups excluding carboxylic acids is 1. The molecule has 0 aliphatic rings. The highest BCUT2D eigenvalue weighted by Gasteiger charge is 2.30. The number of benzene rings is 2. The standard InChI is InChI=1S/C18H19F3N2O/c1-17(2,3)16(24)23-14-9-7-13(8-10-14)22-15-6-4-5-12(11-15)18(19,20)21/h4-11,22H,1-3H3,(H,23,24). The van der Waals surface area contributed by atoms with E-state index in [4.69, 9.17) is 0 Å². The minimum atomic E-state index is -4.38. The summed E-state index contributed by atoms with van der Waals surface area (Å²) in [5.74, 6) is -0.110. The van der Waals surface area contributed by atoms with E-state index in [2.05, 4.69) is 10.6 Å². The molecule has 1 amide bonds. The molecule has 0 aliphatic carbocycles. The van der Waals surface area contributed by atoms with E-state index in [0.717, 1.165) is 12.1 Å². The summed E-state index contributed by atoms with van der Waals surface area (Å²) in [4.78, 5) is 11.9. The van der Waals surface area contributed by atoms with Crippen LogP contribution in [-0.2, 0) is 11.0 Å². The molecule has 2 aromatic rings. The quantitative estimate of drug-likeness (QED) is 0.784. The van der Waals surface area contributed by atoms with E-state index in [9.17, 15) is 18.0 Å². The highest BCUT2D eigenvalue weighted by molar-refractivity contribution is 5.94. The second-order valence-corrected chi connectivity index (χ2v) is 6.49. The van der Waals surface area contributed by atoms with Gasteiger partial charge in [-0.3, -0.25) is 4.79 Å². The first-order chi connectivity index (χ1) is 11.1. The Morgan fingerprint density at radius 3 is 2.00 bits per heavy atom. The highest BCUT2D eigenvalue weighted by Crippen LogP contribution is 2.31. The summed E-state index contributed by atoms with van der Waals surface area (Å²) in [6.07, 6.45) is -4.38. The summed E-state index contributed by atoms with van der Waals surface area (Å²) in [5.41, 5.74) is 0.389. The van der Waals surface area contributed by atoms with Crippen molar-refractivity contribution in [2.45, 2.75) is 26.9 Å². The number of halogens is 3. The number of carbonyl (C=O) groups is 1. The maximum absolute atomic E-state index is 12.7. The summed E-state index contributed by atoms with van der Waals surface area (Å²) in [6, 6.07) is 11.8. The second-order valence-electron chi connectivity index (χ2n) is 6.49. The lowest BCUT2D eigenvalue weighted by Gasteiger charge is -2.18.